The standard InChI is InChI=1S/C10H6ClF2NO3/c11-5-2-6-7(17-3-8(15)14-6)1-4(5)9(16)10(12)13/h1-2,10H,3H2,(H,14,15). The topological polar surface area (TPSA) is 55.4 Å². The zero-order valence-electron chi connectivity index (χ0n) is 8.30. The highest BCUT2D eigenvalue weighted by Gasteiger charge is 2.25. The fourth-order valence-corrected chi connectivity index (χ4v) is 1.66. The zero-order chi connectivity index (χ0) is 12.6. The van der Waals surface area contributed by atoms with E-state index in [4.69, 9.17) is 16.3 Å². The fourth-order valence-electron chi connectivity index (χ4n) is 1.41. The first kappa shape index (κ1) is 11.8. The van der Waals surface area contributed by atoms with E-state index in [1.165, 1.54) is 6.07 Å². The molecule has 1 aromatic rings. The maximum atomic E-state index is 12.3. The van der Waals surface area contributed by atoms with Crippen LogP contribution in [-0.4, -0.2) is 24.7 Å². The summed E-state index contributed by atoms with van der Waals surface area (Å²) < 4.78 is 29.5. The molecule has 90 valence electrons. The van der Waals surface area contributed by atoms with E-state index in [2.05, 4.69) is 5.32 Å². The largest absolute Gasteiger partial charge is 0.482 e. The van der Waals surface area contributed by atoms with Crippen LogP contribution in [-0.2, 0) is 4.79 Å². The Bertz CT molecular complexity index is 505. The van der Waals surface area contributed by atoms with Gasteiger partial charge in [-0.05, 0) is 12.1 Å². The summed E-state index contributed by atoms with van der Waals surface area (Å²) in [6.07, 6.45) is -3.14. The van der Waals surface area contributed by atoms with Crippen molar-refractivity contribution in [2.45, 2.75) is 6.43 Å². The Hall–Kier alpha value is -1.69. The monoisotopic (exact) mass is 261 g/mol. The van der Waals surface area contributed by atoms with Gasteiger partial charge in [-0.15, -0.1) is 0 Å². The molecule has 0 fully saturated rings. The van der Waals surface area contributed by atoms with E-state index < -0.39 is 12.2 Å². The van der Waals surface area contributed by atoms with Gasteiger partial charge in [0.15, 0.2) is 6.61 Å². The normalized spacial score (nSPS) is 14.0. The second-order valence-corrected chi connectivity index (χ2v) is 3.74. The summed E-state index contributed by atoms with van der Waals surface area (Å²) in [5, 5.41) is 2.30. The van der Waals surface area contributed by atoms with Gasteiger partial charge < -0.3 is 10.1 Å². The number of carbonyl (C=O) groups excluding carboxylic acids is 2. The number of amides is 1. The molecule has 4 nitrogen and oxygen atoms in total. The van der Waals surface area contributed by atoms with Crippen LogP contribution in [0.5, 0.6) is 5.75 Å². The Kier molecular flexibility index (Phi) is 2.97. The van der Waals surface area contributed by atoms with Crippen molar-refractivity contribution in [2.24, 2.45) is 0 Å². The van der Waals surface area contributed by atoms with Crippen LogP contribution in [0.3, 0.4) is 0 Å². The van der Waals surface area contributed by atoms with Crippen molar-refractivity contribution >= 4 is 29.0 Å². The van der Waals surface area contributed by atoms with Gasteiger partial charge in [0.05, 0.1) is 10.7 Å². The number of benzene rings is 1. The number of anilines is 1. The molecule has 0 unspecified atom stereocenters. The molecule has 1 amide bonds. The summed E-state index contributed by atoms with van der Waals surface area (Å²) >= 11 is 5.69. The number of rotatable bonds is 2. The Morgan fingerprint density at radius 2 is 2.18 bits per heavy atom. The average molecular weight is 262 g/mol. The molecule has 0 aliphatic carbocycles. The number of Topliss-reactive ketones (excluding diaryl/α,β-unsaturated/α-hetero) is 1. The lowest BCUT2D eigenvalue weighted by Gasteiger charge is -2.19. The molecule has 1 N–H and O–H groups in total. The molecule has 0 saturated carbocycles. The number of halogens is 3. The SMILES string of the molecule is O=C1COc2cc(C(=O)C(F)F)c(Cl)cc2N1. The van der Waals surface area contributed by atoms with E-state index in [0.29, 0.717) is 0 Å². The quantitative estimate of drug-likeness (QED) is 0.830. The Balaban J connectivity index is 2.44. The van der Waals surface area contributed by atoms with E-state index in [9.17, 15) is 18.4 Å². The number of alkyl halides is 2. The Labute approximate surface area is 99.5 Å². The molecular formula is C10H6ClF2NO3. The van der Waals surface area contributed by atoms with Gasteiger partial charge in [0.2, 0.25) is 5.78 Å². The lowest BCUT2D eigenvalue weighted by Crippen LogP contribution is -2.25. The molecule has 1 aromatic carbocycles. The molecule has 7 heteroatoms. The second kappa shape index (κ2) is 4.29. The van der Waals surface area contributed by atoms with Crippen LogP contribution in [0.25, 0.3) is 0 Å². The van der Waals surface area contributed by atoms with Crippen LogP contribution in [0, 0.1) is 0 Å². The molecule has 0 aromatic heterocycles. The van der Waals surface area contributed by atoms with Crippen molar-refractivity contribution < 1.29 is 23.1 Å². The van der Waals surface area contributed by atoms with Crippen LogP contribution >= 0.6 is 11.6 Å². The molecule has 2 rings (SSSR count). The first-order valence-corrected chi connectivity index (χ1v) is 4.95. The lowest BCUT2D eigenvalue weighted by molar-refractivity contribution is -0.118. The fraction of sp³-hybridized carbons (Fsp3) is 0.200. The molecule has 0 radical (unpaired) electrons. The molecule has 17 heavy (non-hydrogen) atoms. The van der Waals surface area contributed by atoms with Gasteiger partial charge in [0.25, 0.3) is 5.91 Å². The number of ether oxygens (including phenoxy) is 1. The third-order valence-electron chi connectivity index (χ3n) is 2.17. The lowest BCUT2D eigenvalue weighted by atomic mass is 10.1. The van der Waals surface area contributed by atoms with Gasteiger partial charge in [0.1, 0.15) is 5.75 Å². The summed E-state index contributed by atoms with van der Waals surface area (Å²) in [5.41, 5.74) is -0.0615. The van der Waals surface area contributed by atoms with Gasteiger partial charge in [0, 0.05) is 5.56 Å². The van der Waals surface area contributed by atoms with Crippen molar-refractivity contribution in [2.75, 3.05) is 11.9 Å². The molecule has 0 atom stereocenters. The molecule has 0 spiro atoms. The van der Waals surface area contributed by atoms with E-state index in [0.717, 1.165) is 6.07 Å². The average Bonchev–Trinajstić information content (AvgIpc) is 2.27. The molecule has 0 saturated heterocycles. The predicted molar refractivity (Wildman–Crippen MR) is 55.9 cm³/mol. The van der Waals surface area contributed by atoms with E-state index in [-0.39, 0.29) is 34.5 Å². The minimum absolute atomic E-state index is 0.151. The van der Waals surface area contributed by atoms with Crippen molar-refractivity contribution in [3.05, 3.63) is 22.7 Å². The number of nitrogens with one attached hydrogen (secondary N) is 1. The molecular weight excluding hydrogens is 256 g/mol. The van der Waals surface area contributed by atoms with Crippen molar-refractivity contribution in [3.8, 4) is 5.75 Å². The number of carbonyl (C=O) groups is 2. The summed E-state index contributed by atoms with van der Waals surface area (Å²) in [6, 6.07) is 2.31. The Morgan fingerprint density at radius 1 is 1.47 bits per heavy atom. The van der Waals surface area contributed by atoms with E-state index in [1.807, 2.05) is 0 Å². The third-order valence-corrected chi connectivity index (χ3v) is 2.48. The van der Waals surface area contributed by atoms with Crippen LogP contribution in [0.2, 0.25) is 5.02 Å². The number of hydrogen-bond acceptors (Lipinski definition) is 3. The highest BCUT2D eigenvalue weighted by molar-refractivity contribution is 6.34. The maximum absolute atomic E-state index is 12.3. The number of fused-ring (bicyclic) bond motifs is 1. The van der Waals surface area contributed by atoms with Gasteiger partial charge in [-0.1, -0.05) is 11.6 Å². The first-order chi connectivity index (χ1) is 7.99. The van der Waals surface area contributed by atoms with Gasteiger partial charge >= 0.3 is 6.43 Å². The van der Waals surface area contributed by atoms with Crippen LogP contribution in [0.15, 0.2) is 12.1 Å². The van der Waals surface area contributed by atoms with Gasteiger partial charge in [-0.25, -0.2) is 8.78 Å². The minimum Gasteiger partial charge on any atom is -0.482 e. The molecule has 1 aliphatic rings. The molecule has 0 bridgehead atoms. The first-order valence-electron chi connectivity index (χ1n) is 4.57. The highest BCUT2D eigenvalue weighted by atomic mass is 35.5. The zero-order valence-corrected chi connectivity index (χ0v) is 9.05. The van der Waals surface area contributed by atoms with Crippen molar-refractivity contribution in [1.29, 1.82) is 0 Å². The number of ketones is 1. The van der Waals surface area contributed by atoms with Crippen LogP contribution in [0.1, 0.15) is 10.4 Å². The van der Waals surface area contributed by atoms with Gasteiger partial charge in [-0.3, -0.25) is 9.59 Å². The van der Waals surface area contributed by atoms with Crippen molar-refractivity contribution in [1.82, 2.24) is 0 Å². The third kappa shape index (κ3) is 2.21. The number of hydrogen-bond donors (Lipinski definition) is 1. The Morgan fingerprint density at radius 3 is 2.82 bits per heavy atom. The summed E-state index contributed by atoms with van der Waals surface area (Å²) in [4.78, 5) is 22.1. The predicted octanol–water partition coefficient (Wildman–Crippen LogP) is 2.12. The van der Waals surface area contributed by atoms with Crippen LogP contribution in [0.4, 0.5) is 14.5 Å². The smallest absolute Gasteiger partial charge is 0.300 e. The molecule has 1 heterocycles. The van der Waals surface area contributed by atoms with Crippen molar-refractivity contribution in [3.63, 3.8) is 0 Å². The highest BCUT2D eigenvalue weighted by Crippen LogP contribution is 2.34. The summed E-state index contributed by atoms with van der Waals surface area (Å²) in [5.74, 6) is -1.60. The summed E-state index contributed by atoms with van der Waals surface area (Å²) in [6.45, 7) is -0.225. The van der Waals surface area contributed by atoms with Gasteiger partial charge in [-0.2, -0.15) is 0 Å². The van der Waals surface area contributed by atoms with Crippen LogP contribution < -0.4 is 10.1 Å². The second-order valence-electron chi connectivity index (χ2n) is 3.33. The van der Waals surface area contributed by atoms with E-state index >= 15 is 0 Å². The summed E-state index contributed by atoms with van der Waals surface area (Å²) in [7, 11) is 0. The minimum atomic E-state index is -3.14. The van der Waals surface area contributed by atoms with E-state index in [1.54, 1.807) is 0 Å². The molecule has 1 aliphatic heterocycles. The maximum Gasteiger partial charge on any atom is 0.300 e.